The Balaban J connectivity index is 1.39. The van der Waals surface area contributed by atoms with Crippen molar-refractivity contribution in [3.05, 3.63) is 54.5 Å². The van der Waals surface area contributed by atoms with Crippen LogP contribution in [-0.2, 0) is 35.0 Å². The smallest absolute Gasteiger partial charge is 0.250 e. The van der Waals surface area contributed by atoms with Crippen molar-refractivity contribution in [1.82, 2.24) is 15.5 Å². The van der Waals surface area contributed by atoms with Gasteiger partial charge in [0, 0.05) is 30.9 Å². The highest BCUT2D eigenvalue weighted by Gasteiger charge is 2.54. The first-order valence-corrected chi connectivity index (χ1v) is 17.2. The predicted octanol–water partition coefficient (Wildman–Crippen LogP) is -0.984. The molecule has 2 saturated heterocycles. The van der Waals surface area contributed by atoms with Crippen LogP contribution in [0.15, 0.2) is 48.9 Å². The quantitative estimate of drug-likeness (QED) is 0.0787. The standard InChI is InChI=1S/C34H52N6O10/c1-3-4-5-6-7-9-20-11-13-21(14-12-20)39-23(41)10-8-16-37-25(32(36)47)30(50-34-29(46)26(43)22(18-35)48-34)31-27(44)28(45)33(49-31)40-17-15-24(42)38-19(40)2/h11-15,17,22,25-31,33-34,37,43-46H,2-10,16,18,35H2,1H3,(H2,36,47)(H,38,42)(H,39,41). The van der Waals surface area contributed by atoms with Crippen LogP contribution in [0.25, 0.3) is 0 Å². The van der Waals surface area contributed by atoms with E-state index in [1.807, 2.05) is 24.3 Å². The minimum atomic E-state index is -1.67. The minimum absolute atomic E-state index is 0.0620. The minimum Gasteiger partial charge on any atom is -0.387 e. The van der Waals surface area contributed by atoms with Gasteiger partial charge in [-0.05, 0) is 43.5 Å². The first kappa shape index (κ1) is 39.3. The molecule has 4 rings (SSSR count). The van der Waals surface area contributed by atoms with Crippen molar-refractivity contribution in [1.29, 1.82) is 0 Å². The number of aryl methyl sites for hydroxylation is 1. The molecule has 3 heterocycles. The highest BCUT2D eigenvalue weighted by Crippen LogP contribution is 2.33. The molecule has 1 aromatic carbocycles. The van der Waals surface area contributed by atoms with Gasteiger partial charge in [-0.15, -0.1) is 0 Å². The molecule has 0 saturated carbocycles. The molecule has 16 nitrogen and oxygen atoms in total. The topological polar surface area (TPSA) is 251 Å². The van der Waals surface area contributed by atoms with Gasteiger partial charge >= 0.3 is 0 Å². The van der Waals surface area contributed by atoms with Gasteiger partial charge in [-0.25, -0.2) is 0 Å². The molecule has 2 fully saturated rings. The van der Waals surface area contributed by atoms with E-state index in [4.69, 9.17) is 25.7 Å². The fraction of sp³-hybridized carbons (Fsp3) is 0.618. The van der Waals surface area contributed by atoms with Gasteiger partial charge in [0.25, 0.3) is 5.91 Å². The van der Waals surface area contributed by atoms with Crippen molar-refractivity contribution in [2.45, 2.75) is 120 Å². The molecule has 11 N–H and O–H groups in total. The summed E-state index contributed by atoms with van der Waals surface area (Å²) in [6.45, 7) is 5.87. The monoisotopic (exact) mass is 704 g/mol. The second-order valence-electron chi connectivity index (χ2n) is 12.8. The van der Waals surface area contributed by atoms with Gasteiger partial charge < -0.3 is 67.0 Å². The number of ether oxygens (including phenoxy) is 3. The van der Waals surface area contributed by atoms with Crippen molar-refractivity contribution < 1.29 is 49.0 Å². The molecule has 16 heteroatoms. The number of benzene rings is 1. The Hall–Kier alpha value is -3.45. The van der Waals surface area contributed by atoms with Gasteiger partial charge in [0.05, 0.1) is 0 Å². The van der Waals surface area contributed by atoms with Crippen LogP contribution in [0.1, 0.15) is 57.4 Å². The largest absolute Gasteiger partial charge is 0.387 e. The predicted molar refractivity (Wildman–Crippen MR) is 181 cm³/mol. The van der Waals surface area contributed by atoms with E-state index >= 15 is 0 Å². The number of unbranched alkanes of at least 4 members (excludes halogenated alkanes) is 4. The number of rotatable bonds is 19. The molecule has 1 aromatic rings. The molecule has 0 aliphatic carbocycles. The average Bonchev–Trinajstić information content (AvgIpc) is 3.53. The lowest BCUT2D eigenvalue weighted by Gasteiger charge is -2.35. The number of hydrogen-bond donors (Lipinski definition) is 9. The molecule has 0 bridgehead atoms. The molecule has 10 unspecified atom stereocenters. The lowest BCUT2D eigenvalue weighted by molar-refractivity contribution is -0.226. The molecule has 3 amide bonds. The number of nitrogens with zero attached hydrogens (tertiary/aromatic N) is 1. The maximum Gasteiger partial charge on any atom is 0.250 e. The maximum atomic E-state index is 12.9. The molecule has 0 radical (unpaired) electrons. The molecule has 278 valence electrons. The van der Waals surface area contributed by atoms with Crippen LogP contribution in [0.3, 0.4) is 0 Å². The van der Waals surface area contributed by atoms with Gasteiger partial charge in [-0.1, -0.05) is 51.3 Å². The highest BCUT2D eigenvalue weighted by molar-refractivity contribution is 5.90. The molecule has 3 aliphatic rings. The van der Waals surface area contributed by atoms with E-state index in [-0.39, 0.29) is 37.7 Å². The summed E-state index contributed by atoms with van der Waals surface area (Å²) in [4.78, 5) is 38.6. The number of hydrogen-bond acceptors (Lipinski definition) is 13. The molecular weight excluding hydrogens is 652 g/mol. The zero-order valence-corrected chi connectivity index (χ0v) is 28.4. The van der Waals surface area contributed by atoms with E-state index in [0.717, 1.165) is 12.8 Å². The van der Waals surface area contributed by atoms with Crippen LogP contribution < -0.4 is 27.4 Å². The van der Waals surface area contributed by atoms with Crippen molar-refractivity contribution in [3.8, 4) is 0 Å². The molecule has 50 heavy (non-hydrogen) atoms. The number of primary amides is 1. The summed E-state index contributed by atoms with van der Waals surface area (Å²) in [6.07, 6.45) is -3.13. The second-order valence-corrected chi connectivity index (χ2v) is 12.8. The number of nitrogens with two attached hydrogens (primary N) is 2. The molecule has 10 atom stereocenters. The number of amides is 3. The summed E-state index contributed by atoms with van der Waals surface area (Å²) in [5.74, 6) is -1.57. The van der Waals surface area contributed by atoms with Gasteiger partial charge in [-0.3, -0.25) is 14.4 Å². The third-order valence-corrected chi connectivity index (χ3v) is 9.07. The fourth-order valence-electron chi connectivity index (χ4n) is 6.23. The Kier molecular flexibility index (Phi) is 14.7. The third-order valence-electron chi connectivity index (χ3n) is 9.07. The third kappa shape index (κ3) is 10.1. The molecule has 0 spiro atoms. The Morgan fingerprint density at radius 3 is 2.38 bits per heavy atom. The number of aliphatic hydroxyl groups excluding tert-OH is 4. The van der Waals surface area contributed by atoms with Crippen LogP contribution in [0, 0.1) is 0 Å². The lowest BCUT2D eigenvalue weighted by Crippen LogP contribution is -2.59. The SMILES string of the molecule is C=C1NC(=O)C=CN1C1OC(C(OC2OC(CN)C(O)C2O)C(NCCCC(=O)Nc2ccc(CCCCCCC)cc2)C(N)=O)C(O)C1O. The number of anilines is 1. The van der Waals surface area contributed by atoms with Crippen LogP contribution >= 0.6 is 0 Å². The maximum absolute atomic E-state index is 12.9. The molecule has 3 aliphatic heterocycles. The van der Waals surface area contributed by atoms with E-state index < -0.39 is 73.1 Å². The van der Waals surface area contributed by atoms with Gasteiger partial charge in [-0.2, -0.15) is 0 Å². The molecule has 0 aromatic heterocycles. The van der Waals surface area contributed by atoms with E-state index in [2.05, 4.69) is 29.5 Å². The summed E-state index contributed by atoms with van der Waals surface area (Å²) < 4.78 is 17.6. The van der Waals surface area contributed by atoms with Crippen LogP contribution in [0.2, 0.25) is 0 Å². The van der Waals surface area contributed by atoms with E-state index in [9.17, 15) is 34.8 Å². The first-order valence-electron chi connectivity index (χ1n) is 17.2. The van der Waals surface area contributed by atoms with Crippen molar-refractivity contribution in [2.75, 3.05) is 18.4 Å². The van der Waals surface area contributed by atoms with Crippen LogP contribution in [0.4, 0.5) is 5.69 Å². The van der Waals surface area contributed by atoms with Crippen LogP contribution in [-0.4, -0.2) is 117 Å². The van der Waals surface area contributed by atoms with Gasteiger partial charge in [0.2, 0.25) is 11.8 Å². The second kappa shape index (κ2) is 18.7. The number of carbonyl (C=O) groups excluding carboxylic acids is 3. The van der Waals surface area contributed by atoms with E-state index in [1.165, 1.54) is 48.4 Å². The van der Waals surface area contributed by atoms with Crippen LogP contribution in [0.5, 0.6) is 0 Å². The summed E-state index contributed by atoms with van der Waals surface area (Å²) in [6, 6.07) is 6.34. The zero-order chi connectivity index (χ0) is 36.4. The Morgan fingerprint density at radius 1 is 1.02 bits per heavy atom. The average molecular weight is 705 g/mol. The Morgan fingerprint density at radius 2 is 1.74 bits per heavy atom. The fourth-order valence-corrected chi connectivity index (χ4v) is 6.23. The summed E-state index contributed by atoms with van der Waals surface area (Å²) in [5.41, 5.74) is 13.3. The lowest BCUT2D eigenvalue weighted by atomic mass is 9.98. The summed E-state index contributed by atoms with van der Waals surface area (Å²) >= 11 is 0. The molecular formula is C34H52N6O10. The highest BCUT2D eigenvalue weighted by atomic mass is 16.7. The van der Waals surface area contributed by atoms with Crippen molar-refractivity contribution in [2.24, 2.45) is 11.5 Å². The van der Waals surface area contributed by atoms with E-state index in [1.54, 1.807) is 0 Å². The summed E-state index contributed by atoms with van der Waals surface area (Å²) in [7, 11) is 0. The first-order chi connectivity index (χ1) is 23.9. The Bertz CT molecular complexity index is 1330. The summed E-state index contributed by atoms with van der Waals surface area (Å²) in [5, 5.41) is 51.4. The van der Waals surface area contributed by atoms with Gasteiger partial charge in [0.15, 0.2) is 12.5 Å². The Labute approximate surface area is 291 Å². The zero-order valence-electron chi connectivity index (χ0n) is 28.4. The number of aliphatic hydroxyl groups is 4. The van der Waals surface area contributed by atoms with Gasteiger partial charge in [0.1, 0.15) is 54.6 Å². The van der Waals surface area contributed by atoms with Crippen molar-refractivity contribution >= 4 is 23.4 Å². The van der Waals surface area contributed by atoms with E-state index in [0.29, 0.717) is 5.69 Å². The van der Waals surface area contributed by atoms with Crippen molar-refractivity contribution in [3.63, 3.8) is 0 Å². The number of nitrogens with one attached hydrogen (secondary N) is 3. The number of carbonyl (C=O) groups is 3. The normalized spacial score (nSPS) is 29.2.